The molecule has 0 aliphatic heterocycles. The van der Waals surface area contributed by atoms with Gasteiger partial charge in [-0.3, -0.25) is 0 Å². The molecule has 2 N–H and O–H groups in total. The molecule has 5 nitrogen and oxygen atoms in total. The Kier molecular flexibility index (Phi) is 8.26. The number of carbonyl (C=O) groups is 1. The van der Waals surface area contributed by atoms with E-state index in [0.29, 0.717) is 23.5 Å². The van der Waals surface area contributed by atoms with Crippen molar-refractivity contribution in [3.05, 3.63) is 96.6 Å². The number of hydrogen-bond acceptors (Lipinski definition) is 4. The lowest BCUT2D eigenvalue weighted by Crippen LogP contribution is -2.54. The minimum absolute atomic E-state index is 0.515. The van der Waals surface area contributed by atoms with Gasteiger partial charge in [0.05, 0.1) is 17.3 Å². The maximum Gasteiger partial charge on any atom is 0.408 e. The monoisotopic (exact) mass is 519 g/mol. The second-order valence-corrected chi connectivity index (χ2v) is 13.9. The number of alkyl carbamates (subject to hydrolysis) is 1. The fraction of sp³-hybridized carbons (Fsp3) is 0.387. The number of benzene rings is 3. The molecule has 37 heavy (non-hydrogen) atoms. The Morgan fingerprint density at radius 1 is 0.838 bits per heavy atom. The summed E-state index contributed by atoms with van der Waals surface area (Å²) in [7, 11) is -3.52. The fourth-order valence-corrected chi connectivity index (χ4v) is 9.30. The molecule has 4 rings (SSSR count). The van der Waals surface area contributed by atoms with Crippen LogP contribution in [0, 0.1) is 0 Å². The standard InChI is InChI=1S/C31H38NO4P/c1-30(2,3)36-29(33)32-27(24-16-8-4-9-17-24)28(31(34)22-14-7-15-23-31)37(35,25-18-10-5-11-19-25)26-20-12-6-13-21-26/h4-6,8-13,16-21,27-28,34H,7,14-15,22-23H2,1-3H3,(H,32,33)/t27-,28-/m0/s1. The van der Waals surface area contributed by atoms with Crippen molar-refractivity contribution in [1.82, 2.24) is 5.32 Å². The van der Waals surface area contributed by atoms with E-state index in [2.05, 4.69) is 5.32 Å². The van der Waals surface area contributed by atoms with Crippen molar-refractivity contribution >= 4 is 23.8 Å². The maximum absolute atomic E-state index is 15.8. The highest BCUT2D eigenvalue weighted by molar-refractivity contribution is 7.79. The Morgan fingerprint density at radius 3 is 1.76 bits per heavy atom. The Bertz CT molecular complexity index is 1160. The molecule has 0 saturated heterocycles. The van der Waals surface area contributed by atoms with Gasteiger partial charge in [0.25, 0.3) is 0 Å². The van der Waals surface area contributed by atoms with Gasteiger partial charge in [-0.05, 0) is 39.2 Å². The number of nitrogens with one attached hydrogen (secondary N) is 1. The molecule has 3 aromatic rings. The average Bonchev–Trinajstić information content (AvgIpc) is 2.89. The molecule has 0 bridgehead atoms. The molecule has 2 atom stereocenters. The average molecular weight is 520 g/mol. The van der Waals surface area contributed by atoms with Gasteiger partial charge in [0, 0.05) is 10.6 Å². The summed E-state index contributed by atoms with van der Waals surface area (Å²) >= 11 is 0. The predicted octanol–water partition coefficient (Wildman–Crippen LogP) is 6.33. The van der Waals surface area contributed by atoms with Crippen LogP contribution in [0.4, 0.5) is 4.79 Å². The molecule has 6 heteroatoms. The number of rotatable bonds is 7. The summed E-state index contributed by atoms with van der Waals surface area (Å²) < 4.78 is 21.4. The highest BCUT2D eigenvalue weighted by Crippen LogP contribution is 2.59. The van der Waals surface area contributed by atoms with Crippen molar-refractivity contribution < 1.29 is 19.2 Å². The molecule has 0 spiro atoms. The van der Waals surface area contributed by atoms with Gasteiger partial charge in [0.1, 0.15) is 5.60 Å². The second-order valence-electron chi connectivity index (χ2n) is 11.0. The molecule has 1 aliphatic carbocycles. The van der Waals surface area contributed by atoms with E-state index >= 15 is 4.57 Å². The number of amides is 1. The zero-order chi connectivity index (χ0) is 26.5. The van der Waals surface area contributed by atoms with Crippen molar-refractivity contribution in [2.75, 3.05) is 0 Å². The van der Waals surface area contributed by atoms with E-state index in [-0.39, 0.29) is 0 Å². The van der Waals surface area contributed by atoms with Gasteiger partial charge < -0.3 is 19.7 Å². The first-order chi connectivity index (χ1) is 17.6. The number of carbonyl (C=O) groups excluding carboxylic acids is 1. The molecule has 0 heterocycles. The largest absolute Gasteiger partial charge is 0.444 e. The van der Waals surface area contributed by atoms with Gasteiger partial charge in [0.2, 0.25) is 0 Å². The lowest BCUT2D eigenvalue weighted by molar-refractivity contribution is -0.0104. The molecule has 1 amide bonds. The first kappa shape index (κ1) is 27.2. The summed E-state index contributed by atoms with van der Waals surface area (Å²) in [6.45, 7) is 5.44. The van der Waals surface area contributed by atoms with Crippen molar-refractivity contribution in [2.24, 2.45) is 0 Å². The summed E-state index contributed by atoms with van der Waals surface area (Å²) in [5.74, 6) is 0. The van der Waals surface area contributed by atoms with Crippen molar-refractivity contribution in [3.8, 4) is 0 Å². The summed E-state index contributed by atoms with van der Waals surface area (Å²) in [6, 6.07) is 27.6. The summed E-state index contributed by atoms with van der Waals surface area (Å²) in [4.78, 5) is 13.2. The third-order valence-electron chi connectivity index (χ3n) is 7.09. The van der Waals surface area contributed by atoms with Crippen LogP contribution < -0.4 is 15.9 Å². The van der Waals surface area contributed by atoms with E-state index in [1.54, 1.807) is 0 Å². The quantitative estimate of drug-likeness (QED) is 0.358. The van der Waals surface area contributed by atoms with E-state index in [1.165, 1.54) is 0 Å². The van der Waals surface area contributed by atoms with Crippen LogP contribution >= 0.6 is 7.14 Å². The molecule has 196 valence electrons. The molecule has 0 radical (unpaired) electrons. The first-order valence-electron chi connectivity index (χ1n) is 13.1. The zero-order valence-electron chi connectivity index (χ0n) is 22.0. The first-order valence-corrected chi connectivity index (χ1v) is 14.9. The van der Waals surface area contributed by atoms with Gasteiger partial charge in [-0.25, -0.2) is 4.79 Å². The topological polar surface area (TPSA) is 75.6 Å². The van der Waals surface area contributed by atoms with E-state index in [0.717, 1.165) is 24.8 Å². The minimum atomic E-state index is -3.52. The Hall–Kier alpha value is -2.88. The second kappa shape index (κ2) is 11.2. The number of ether oxygens (including phenoxy) is 1. The lowest BCUT2D eigenvalue weighted by Gasteiger charge is -2.47. The van der Waals surface area contributed by atoms with Crippen molar-refractivity contribution in [1.29, 1.82) is 0 Å². The fourth-order valence-electron chi connectivity index (χ4n) is 5.53. The van der Waals surface area contributed by atoms with Crippen LogP contribution in [0.2, 0.25) is 0 Å². The third kappa shape index (κ3) is 6.17. The molecular weight excluding hydrogens is 481 g/mol. The van der Waals surface area contributed by atoms with Crippen molar-refractivity contribution in [3.63, 3.8) is 0 Å². The Balaban J connectivity index is 1.97. The normalized spacial score (nSPS) is 17.4. The SMILES string of the molecule is CC(C)(C)OC(=O)N[C@@H](c1ccccc1)[C@@H](C1(O)CCCCC1)P(=O)(c1ccccc1)c1ccccc1. The molecular formula is C31H38NO4P. The lowest BCUT2D eigenvalue weighted by atomic mass is 9.78. The predicted molar refractivity (Wildman–Crippen MR) is 150 cm³/mol. The molecule has 3 aromatic carbocycles. The van der Waals surface area contributed by atoms with Crippen LogP contribution in [0.3, 0.4) is 0 Å². The van der Waals surface area contributed by atoms with Gasteiger partial charge in [-0.1, -0.05) is 110 Å². The third-order valence-corrected chi connectivity index (χ3v) is 10.8. The number of aliphatic hydroxyl groups is 1. The van der Waals surface area contributed by atoms with Crippen LogP contribution in [0.15, 0.2) is 91.0 Å². The van der Waals surface area contributed by atoms with Gasteiger partial charge in [-0.15, -0.1) is 0 Å². The van der Waals surface area contributed by atoms with Crippen LogP contribution in [-0.4, -0.2) is 28.1 Å². The van der Waals surface area contributed by atoms with Gasteiger partial charge in [-0.2, -0.15) is 0 Å². The summed E-state index contributed by atoms with van der Waals surface area (Å²) in [5, 5.41) is 16.8. The highest BCUT2D eigenvalue weighted by Gasteiger charge is 2.54. The van der Waals surface area contributed by atoms with Crippen LogP contribution in [0.1, 0.15) is 64.5 Å². The number of hydrogen-bond donors (Lipinski definition) is 2. The van der Waals surface area contributed by atoms with E-state index < -0.39 is 36.1 Å². The van der Waals surface area contributed by atoms with Crippen LogP contribution in [-0.2, 0) is 9.30 Å². The molecule has 1 aliphatic rings. The molecule has 1 fully saturated rings. The van der Waals surface area contributed by atoms with E-state index in [1.807, 2.05) is 112 Å². The Labute approximate surface area is 220 Å². The molecule has 0 aromatic heterocycles. The maximum atomic E-state index is 15.8. The minimum Gasteiger partial charge on any atom is -0.444 e. The Morgan fingerprint density at radius 2 is 1.30 bits per heavy atom. The van der Waals surface area contributed by atoms with Gasteiger partial charge >= 0.3 is 6.09 Å². The summed E-state index contributed by atoms with van der Waals surface area (Å²) in [6.07, 6.45) is 3.13. The molecule has 0 unspecified atom stereocenters. The molecule has 1 saturated carbocycles. The van der Waals surface area contributed by atoms with Crippen molar-refractivity contribution in [2.45, 2.75) is 75.8 Å². The van der Waals surface area contributed by atoms with E-state index in [4.69, 9.17) is 4.74 Å². The highest BCUT2D eigenvalue weighted by atomic mass is 31.2. The summed E-state index contributed by atoms with van der Waals surface area (Å²) in [5.41, 5.74) is -1.98. The zero-order valence-corrected chi connectivity index (χ0v) is 22.9. The smallest absolute Gasteiger partial charge is 0.408 e. The van der Waals surface area contributed by atoms with Crippen LogP contribution in [0.5, 0.6) is 0 Å². The van der Waals surface area contributed by atoms with Gasteiger partial charge in [0.15, 0.2) is 7.14 Å². The van der Waals surface area contributed by atoms with E-state index in [9.17, 15) is 9.90 Å². The van der Waals surface area contributed by atoms with Crippen LogP contribution in [0.25, 0.3) is 0 Å².